The topological polar surface area (TPSA) is 65.6 Å². The third-order valence-corrected chi connectivity index (χ3v) is 2.95. The second kappa shape index (κ2) is 6.39. The molecule has 2 rings (SSSR count). The van der Waals surface area contributed by atoms with Crippen LogP contribution < -0.4 is 4.74 Å². The first-order valence-corrected chi connectivity index (χ1v) is 6.14. The molecule has 0 aliphatic heterocycles. The van der Waals surface area contributed by atoms with E-state index < -0.39 is 0 Å². The van der Waals surface area contributed by atoms with Crippen LogP contribution in [0.1, 0.15) is 23.6 Å². The summed E-state index contributed by atoms with van der Waals surface area (Å²) in [4.78, 5) is 0. The van der Waals surface area contributed by atoms with Gasteiger partial charge in [-0.1, -0.05) is 23.4 Å². The van der Waals surface area contributed by atoms with Crippen molar-refractivity contribution >= 4 is 5.71 Å². The third kappa shape index (κ3) is 3.15. The summed E-state index contributed by atoms with van der Waals surface area (Å²) in [5, 5.41) is 20.8. The smallest absolute Gasteiger partial charge is 0.119 e. The lowest BCUT2D eigenvalue weighted by molar-refractivity contribution is 0.306. The van der Waals surface area contributed by atoms with E-state index in [1.54, 1.807) is 25.1 Å². The van der Waals surface area contributed by atoms with Gasteiger partial charge in [-0.3, -0.25) is 0 Å². The number of oxime groups is 1. The highest BCUT2D eigenvalue weighted by atomic mass is 16.5. The Kier molecular flexibility index (Phi) is 4.35. The molecule has 0 bridgehead atoms. The molecule has 4 nitrogen and oxygen atoms in total. The Hall–Kier alpha value is -2.80. The van der Waals surface area contributed by atoms with Crippen molar-refractivity contribution in [3.8, 4) is 11.8 Å². The molecule has 0 aromatic heterocycles. The summed E-state index contributed by atoms with van der Waals surface area (Å²) in [5.74, 6) is 0.701. The van der Waals surface area contributed by atoms with Crippen LogP contribution in [0.3, 0.4) is 0 Å². The van der Waals surface area contributed by atoms with Crippen molar-refractivity contribution < 1.29 is 9.94 Å². The van der Waals surface area contributed by atoms with Crippen molar-refractivity contribution in [2.45, 2.75) is 13.5 Å². The molecule has 0 saturated heterocycles. The number of benzene rings is 2. The molecular weight excluding hydrogens is 252 g/mol. The Morgan fingerprint density at radius 3 is 2.55 bits per heavy atom. The molecule has 0 fully saturated rings. The van der Waals surface area contributed by atoms with E-state index in [1.807, 2.05) is 30.3 Å². The van der Waals surface area contributed by atoms with Crippen LogP contribution >= 0.6 is 0 Å². The van der Waals surface area contributed by atoms with Crippen molar-refractivity contribution in [1.82, 2.24) is 0 Å². The van der Waals surface area contributed by atoms with E-state index >= 15 is 0 Å². The molecule has 0 aliphatic carbocycles. The Balaban J connectivity index is 2.06. The van der Waals surface area contributed by atoms with Gasteiger partial charge in [0.1, 0.15) is 12.4 Å². The Morgan fingerprint density at radius 2 is 1.90 bits per heavy atom. The molecular formula is C16H14N2O2. The van der Waals surface area contributed by atoms with E-state index in [1.165, 1.54) is 0 Å². The van der Waals surface area contributed by atoms with Gasteiger partial charge in [-0.2, -0.15) is 5.26 Å². The lowest BCUT2D eigenvalue weighted by atomic mass is 10.1. The molecule has 20 heavy (non-hydrogen) atoms. The highest BCUT2D eigenvalue weighted by Crippen LogP contribution is 2.16. The fourth-order valence-corrected chi connectivity index (χ4v) is 1.77. The van der Waals surface area contributed by atoms with Crippen LogP contribution in [0, 0.1) is 11.3 Å². The Labute approximate surface area is 117 Å². The van der Waals surface area contributed by atoms with Gasteiger partial charge in [-0.05, 0) is 42.8 Å². The number of nitriles is 1. The first-order valence-electron chi connectivity index (χ1n) is 6.14. The highest BCUT2D eigenvalue weighted by molar-refractivity contribution is 5.98. The molecule has 0 radical (unpaired) electrons. The van der Waals surface area contributed by atoms with Crippen LogP contribution in [0.4, 0.5) is 0 Å². The average Bonchev–Trinajstić information content (AvgIpc) is 2.53. The number of hydrogen-bond donors (Lipinski definition) is 1. The van der Waals surface area contributed by atoms with Crippen LogP contribution in [0.2, 0.25) is 0 Å². The van der Waals surface area contributed by atoms with Crippen LogP contribution in [-0.4, -0.2) is 10.9 Å². The minimum Gasteiger partial charge on any atom is -0.489 e. The van der Waals surface area contributed by atoms with Gasteiger partial charge in [-0.25, -0.2) is 0 Å². The number of ether oxygens (including phenoxy) is 1. The maximum absolute atomic E-state index is 9.00. The summed E-state index contributed by atoms with van der Waals surface area (Å²) in [5.41, 5.74) is 2.85. The van der Waals surface area contributed by atoms with E-state index in [2.05, 4.69) is 11.2 Å². The second-order valence-electron chi connectivity index (χ2n) is 4.27. The van der Waals surface area contributed by atoms with Gasteiger partial charge in [0.2, 0.25) is 0 Å². The summed E-state index contributed by atoms with van der Waals surface area (Å²) in [6, 6.07) is 16.7. The molecule has 0 saturated carbocycles. The molecule has 4 heteroatoms. The maximum Gasteiger partial charge on any atom is 0.119 e. The molecule has 0 heterocycles. The predicted octanol–water partition coefficient (Wildman–Crippen LogP) is 3.34. The molecule has 2 aromatic carbocycles. The molecule has 0 spiro atoms. The molecule has 100 valence electrons. The van der Waals surface area contributed by atoms with Gasteiger partial charge in [0.25, 0.3) is 0 Å². The second-order valence-corrected chi connectivity index (χ2v) is 4.27. The zero-order valence-corrected chi connectivity index (χ0v) is 11.1. The van der Waals surface area contributed by atoms with Crippen LogP contribution in [0.25, 0.3) is 0 Å². The molecule has 2 aromatic rings. The van der Waals surface area contributed by atoms with Crippen molar-refractivity contribution in [3.05, 3.63) is 65.2 Å². The van der Waals surface area contributed by atoms with Crippen LogP contribution in [0.5, 0.6) is 5.75 Å². The monoisotopic (exact) mass is 266 g/mol. The van der Waals surface area contributed by atoms with Gasteiger partial charge in [0.15, 0.2) is 0 Å². The van der Waals surface area contributed by atoms with Gasteiger partial charge in [0, 0.05) is 5.56 Å². The maximum atomic E-state index is 9.00. The molecule has 0 unspecified atom stereocenters. The van der Waals surface area contributed by atoms with E-state index in [4.69, 9.17) is 15.2 Å². The van der Waals surface area contributed by atoms with Gasteiger partial charge in [0.05, 0.1) is 17.3 Å². The predicted molar refractivity (Wildman–Crippen MR) is 75.9 cm³/mol. The summed E-state index contributed by atoms with van der Waals surface area (Å²) >= 11 is 0. The fraction of sp³-hybridized carbons (Fsp3) is 0.125. The number of rotatable bonds is 4. The largest absolute Gasteiger partial charge is 0.489 e. The van der Waals surface area contributed by atoms with E-state index in [9.17, 15) is 0 Å². The number of hydrogen-bond acceptors (Lipinski definition) is 4. The SMILES string of the molecule is C/C(=N\O)c1ccc(OCc2ccccc2C#N)cc1. The summed E-state index contributed by atoms with van der Waals surface area (Å²) in [6.07, 6.45) is 0. The Morgan fingerprint density at radius 1 is 1.20 bits per heavy atom. The lowest BCUT2D eigenvalue weighted by Crippen LogP contribution is -1.99. The zero-order chi connectivity index (χ0) is 14.4. The van der Waals surface area contributed by atoms with Crippen molar-refractivity contribution in [2.24, 2.45) is 5.16 Å². The van der Waals surface area contributed by atoms with Gasteiger partial charge in [-0.15, -0.1) is 0 Å². The molecule has 0 atom stereocenters. The zero-order valence-electron chi connectivity index (χ0n) is 11.1. The number of nitrogens with zero attached hydrogens (tertiary/aromatic N) is 2. The average molecular weight is 266 g/mol. The summed E-state index contributed by atoms with van der Waals surface area (Å²) in [6.45, 7) is 2.06. The van der Waals surface area contributed by atoms with Gasteiger partial charge >= 0.3 is 0 Å². The molecule has 0 amide bonds. The minimum atomic E-state index is 0.343. The van der Waals surface area contributed by atoms with Gasteiger partial charge < -0.3 is 9.94 Å². The first-order chi connectivity index (χ1) is 9.74. The summed E-state index contributed by atoms with van der Waals surface area (Å²) in [7, 11) is 0. The highest BCUT2D eigenvalue weighted by Gasteiger charge is 2.03. The van der Waals surface area contributed by atoms with E-state index in [0.717, 1.165) is 11.1 Å². The lowest BCUT2D eigenvalue weighted by Gasteiger charge is -2.08. The van der Waals surface area contributed by atoms with Crippen molar-refractivity contribution in [2.75, 3.05) is 0 Å². The minimum absolute atomic E-state index is 0.343. The van der Waals surface area contributed by atoms with Crippen molar-refractivity contribution in [3.63, 3.8) is 0 Å². The van der Waals surface area contributed by atoms with Crippen LogP contribution in [-0.2, 0) is 6.61 Å². The fourth-order valence-electron chi connectivity index (χ4n) is 1.77. The standard InChI is InChI=1S/C16H14N2O2/c1-12(18-19)13-6-8-16(9-7-13)20-11-15-5-3-2-4-14(15)10-17/h2-9,19H,11H2,1H3/b18-12+. The normalized spacial score (nSPS) is 10.9. The molecule has 1 N–H and O–H groups in total. The third-order valence-electron chi connectivity index (χ3n) is 2.95. The first kappa shape index (κ1) is 13.6. The Bertz CT molecular complexity index is 655. The van der Waals surface area contributed by atoms with Crippen molar-refractivity contribution in [1.29, 1.82) is 5.26 Å². The van der Waals surface area contributed by atoms with E-state index in [-0.39, 0.29) is 0 Å². The molecule has 0 aliphatic rings. The van der Waals surface area contributed by atoms with E-state index in [0.29, 0.717) is 23.6 Å². The quantitative estimate of drug-likeness (QED) is 0.524. The van der Waals surface area contributed by atoms with Crippen LogP contribution in [0.15, 0.2) is 53.7 Å². The summed E-state index contributed by atoms with van der Waals surface area (Å²) < 4.78 is 5.65.